The first-order valence-electron chi connectivity index (χ1n) is 5.24. The summed E-state index contributed by atoms with van der Waals surface area (Å²) in [5.74, 6) is -0.771. The van der Waals surface area contributed by atoms with Gasteiger partial charge in [-0.1, -0.05) is 0 Å². The number of hydrogen-bond acceptors (Lipinski definition) is 5. The highest BCUT2D eigenvalue weighted by Gasteiger charge is 2.13. The Balaban J connectivity index is 2.38. The van der Waals surface area contributed by atoms with E-state index in [0.717, 1.165) is 11.4 Å². The molecule has 0 aromatic carbocycles. The molecule has 0 radical (unpaired) electrons. The first kappa shape index (κ1) is 11.9. The normalized spacial score (nSPS) is 10.3. The maximum absolute atomic E-state index is 10.9. The Morgan fingerprint density at radius 1 is 1.56 bits per heavy atom. The SMILES string of the molecule is Cc1nn(C)cc1Nc1nccc(C(=O)O)c1N. The number of aromatic nitrogens is 3. The molecule has 7 nitrogen and oxygen atoms in total. The maximum atomic E-state index is 10.9. The van der Waals surface area contributed by atoms with Crippen LogP contribution in [0.2, 0.25) is 0 Å². The molecule has 4 N–H and O–H groups in total. The number of carbonyl (C=O) groups is 1. The van der Waals surface area contributed by atoms with Gasteiger partial charge < -0.3 is 16.2 Å². The third-order valence-corrected chi connectivity index (χ3v) is 2.49. The van der Waals surface area contributed by atoms with Crippen molar-refractivity contribution in [3.05, 3.63) is 29.7 Å². The number of hydrogen-bond donors (Lipinski definition) is 3. The summed E-state index contributed by atoms with van der Waals surface area (Å²) in [5, 5.41) is 16.1. The van der Waals surface area contributed by atoms with Crippen LogP contribution in [0.5, 0.6) is 0 Å². The number of pyridine rings is 1. The number of carboxylic acid groups (broad SMARTS) is 1. The van der Waals surface area contributed by atoms with Gasteiger partial charge in [-0.2, -0.15) is 5.10 Å². The lowest BCUT2D eigenvalue weighted by molar-refractivity contribution is 0.0698. The Morgan fingerprint density at radius 2 is 2.28 bits per heavy atom. The lowest BCUT2D eigenvalue weighted by Crippen LogP contribution is -2.07. The van der Waals surface area contributed by atoms with E-state index in [0.29, 0.717) is 5.82 Å². The first-order chi connectivity index (χ1) is 8.49. The minimum absolute atomic E-state index is 0.0223. The number of anilines is 3. The van der Waals surface area contributed by atoms with Gasteiger partial charge in [0, 0.05) is 19.4 Å². The fraction of sp³-hybridized carbons (Fsp3) is 0.182. The van der Waals surface area contributed by atoms with Gasteiger partial charge in [0.15, 0.2) is 5.82 Å². The van der Waals surface area contributed by atoms with Crippen LogP contribution in [-0.2, 0) is 7.05 Å². The van der Waals surface area contributed by atoms with Crippen molar-refractivity contribution in [1.82, 2.24) is 14.8 Å². The fourth-order valence-electron chi connectivity index (χ4n) is 1.61. The molecule has 2 aromatic rings. The number of aromatic carboxylic acids is 1. The zero-order valence-electron chi connectivity index (χ0n) is 10.0. The molecule has 2 heterocycles. The van der Waals surface area contributed by atoms with Gasteiger partial charge >= 0.3 is 5.97 Å². The van der Waals surface area contributed by atoms with Crippen LogP contribution in [0, 0.1) is 6.92 Å². The van der Waals surface area contributed by atoms with Crippen LogP contribution in [0.15, 0.2) is 18.5 Å². The monoisotopic (exact) mass is 247 g/mol. The van der Waals surface area contributed by atoms with Gasteiger partial charge in [0.2, 0.25) is 0 Å². The average Bonchev–Trinajstić information content (AvgIpc) is 2.60. The van der Waals surface area contributed by atoms with Gasteiger partial charge in [-0.25, -0.2) is 9.78 Å². The molecule has 0 spiro atoms. The molecule has 0 amide bonds. The highest BCUT2D eigenvalue weighted by Crippen LogP contribution is 2.25. The van der Waals surface area contributed by atoms with Gasteiger partial charge in [-0.15, -0.1) is 0 Å². The van der Waals surface area contributed by atoms with Crippen LogP contribution < -0.4 is 11.1 Å². The third-order valence-electron chi connectivity index (χ3n) is 2.49. The highest BCUT2D eigenvalue weighted by molar-refractivity contribution is 5.96. The predicted molar refractivity (Wildman–Crippen MR) is 66.8 cm³/mol. The Labute approximate surface area is 103 Å². The standard InChI is InChI=1S/C11H13N5O2/c1-6-8(5-16(2)15-6)14-10-9(12)7(11(17)18)3-4-13-10/h3-5H,12H2,1-2H3,(H,13,14)(H,17,18). The van der Waals surface area contributed by atoms with Crippen molar-refractivity contribution < 1.29 is 9.90 Å². The zero-order chi connectivity index (χ0) is 13.3. The van der Waals surface area contributed by atoms with Crippen LogP contribution in [0.25, 0.3) is 0 Å². The molecule has 2 aromatic heterocycles. The highest BCUT2D eigenvalue weighted by atomic mass is 16.4. The van der Waals surface area contributed by atoms with Crippen LogP contribution in [0.1, 0.15) is 16.1 Å². The molecule has 7 heteroatoms. The Kier molecular flexibility index (Phi) is 2.88. The summed E-state index contributed by atoms with van der Waals surface area (Å²) in [6.07, 6.45) is 3.16. The summed E-state index contributed by atoms with van der Waals surface area (Å²) >= 11 is 0. The molecule has 0 bridgehead atoms. The summed E-state index contributed by atoms with van der Waals surface area (Å²) in [7, 11) is 1.79. The van der Waals surface area contributed by atoms with Crippen LogP contribution in [0.3, 0.4) is 0 Å². The average molecular weight is 247 g/mol. The molecular weight excluding hydrogens is 234 g/mol. The first-order valence-corrected chi connectivity index (χ1v) is 5.24. The molecule has 0 atom stereocenters. The smallest absolute Gasteiger partial charge is 0.337 e. The van der Waals surface area contributed by atoms with Gasteiger partial charge in [0.1, 0.15) is 0 Å². The lowest BCUT2D eigenvalue weighted by Gasteiger charge is -2.08. The van der Waals surface area contributed by atoms with Crippen molar-refractivity contribution in [3.63, 3.8) is 0 Å². The van der Waals surface area contributed by atoms with Gasteiger partial charge in [-0.05, 0) is 13.0 Å². The molecule has 0 aliphatic carbocycles. The van der Waals surface area contributed by atoms with Crippen LogP contribution >= 0.6 is 0 Å². The largest absolute Gasteiger partial charge is 0.478 e. The van der Waals surface area contributed by atoms with E-state index in [4.69, 9.17) is 10.8 Å². The second-order valence-electron chi connectivity index (χ2n) is 3.85. The molecule has 0 aliphatic rings. The summed E-state index contributed by atoms with van der Waals surface area (Å²) in [6.45, 7) is 1.83. The van der Waals surface area contributed by atoms with Gasteiger partial charge in [0.25, 0.3) is 0 Å². The summed E-state index contributed by atoms with van der Waals surface area (Å²) in [4.78, 5) is 15.0. The van der Waals surface area contributed by atoms with Crippen LogP contribution in [0.4, 0.5) is 17.2 Å². The Bertz CT molecular complexity index is 605. The summed E-state index contributed by atoms with van der Waals surface area (Å²) in [5.41, 5.74) is 7.40. The molecular formula is C11H13N5O2. The number of aryl methyl sites for hydroxylation is 2. The minimum Gasteiger partial charge on any atom is -0.478 e. The van der Waals surface area contributed by atoms with E-state index >= 15 is 0 Å². The topological polar surface area (TPSA) is 106 Å². The van der Waals surface area contributed by atoms with Crippen molar-refractivity contribution in [2.45, 2.75) is 6.92 Å². The number of nitrogens with zero attached hydrogens (tertiary/aromatic N) is 3. The number of nitrogens with two attached hydrogens (primary N) is 1. The van der Waals surface area contributed by atoms with Gasteiger partial charge in [0.05, 0.1) is 22.6 Å². The molecule has 2 rings (SSSR count). The quantitative estimate of drug-likeness (QED) is 0.751. The van der Waals surface area contributed by atoms with Crippen LogP contribution in [-0.4, -0.2) is 25.8 Å². The lowest BCUT2D eigenvalue weighted by atomic mass is 10.2. The summed E-state index contributed by atoms with van der Waals surface area (Å²) in [6, 6.07) is 1.36. The number of rotatable bonds is 3. The van der Waals surface area contributed by atoms with E-state index in [9.17, 15) is 4.79 Å². The number of nitrogens with one attached hydrogen (secondary N) is 1. The van der Waals surface area contributed by atoms with E-state index < -0.39 is 5.97 Å². The molecule has 0 aliphatic heterocycles. The zero-order valence-corrected chi connectivity index (χ0v) is 10.0. The molecule has 0 saturated heterocycles. The van der Waals surface area contributed by atoms with Crippen molar-refractivity contribution in [2.75, 3.05) is 11.1 Å². The molecule has 18 heavy (non-hydrogen) atoms. The van der Waals surface area contributed by atoms with E-state index in [1.165, 1.54) is 12.3 Å². The van der Waals surface area contributed by atoms with Crippen molar-refractivity contribution in [3.8, 4) is 0 Å². The van der Waals surface area contributed by atoms with E-state index in [-0.39, 0.29) is 11.3 Å². The minimum atomic E-state index is -1.08. The van der Waals surface area contributed by atoms with E-state index in [2.05, 4.69) is 15.4 Å². The molecule has 94 valence electrons. The maximum Gasteiger partial charge on any atom is 0.337 e. The van der Waals surface area contributed by atoms with E-state index in [1.54, 1.807) is 17.9 Å². The van der Waals surface area contributed by atoms with Gasteiger partial charge in [-0.3, -0.25) is 4.68 Å². The molecule has 0 saturated carbocycles. The number of nitrogen functional groups attached to an aromatic ring is 1. The third kappa shape index (κ3) is 2.10. The van der Waals surface area contributed by atoms with Crippen molar-refractivity contribution in [2.24, 2.45) is 7.05 Å². The number of carboxylic acids is 1. The fourth-order valence-corrected chi connectivity index (χ4v) is 1.61. The second-order valence-corrected chi connectivity index (χ2v) is 3.85. The van der Waals surface area contributed by atoms with E-state index in [1.807, 2.05) is 6.92 Å². The van der Waals surface area contributed by atoms with Crippen molar-refractivity contribution in [1.29, 1.82) is 0 Å². The molecule has 0 fully saturated rings. The summed E-state index contributed by atoms with van der Waals surface area (Å²) < 4.78 is 1.65. The Hall–Kier alpha value is -2.57. The predicted octanol–water partition coefficient (Wildman–Crippen LogP) is 1.15. The second kappa shape index (κ2) is 4.36. The Morgan fingerprint density at radius 3 is 2.83 bits per heavy atom. The molecule has 0 unspecified atom stereocenters. The van der Waals surface area contributed by atoms with Crippen molar-refractivity contribution >= 4 is 23.2 Å².